The summed E-state index contributed by atoms with van der Waals surface area (Å²) in [4.78, 5) is 0. The van der Waals surface area contributed by atoms with E-state index in [2.05, 4.69) is 50.4 Å². The SMILES string of the molecule is CCCCC(CC)Nc1ccc(CC)cc1. The highest BCUT2D eigenvalue weighted by atomic mass is 14.9. The van der Waals surface area contributed by atoms with Gasteiger partial charge in [0.25, 0.3) is 0 Å². The molecule has 1 atom stereocenters. The van der Waals surface area contributed by atoms with E-state index in [0.717, 1.165) is 6.42 Å². The summed E-state index contributed by atoms with van der Waals surface area (Å²) in [6.07, 6.45) is 6.21. The molecule has 90 valence electrons. The molecule has 0 amide bonds. The Bertz CT molecular complexity index is 276. The molecule has 1 rings (SSSR count). The van der Waals surface area contributed by atoms with Gasteiger partial charge in [-0.05, 0) is 37.0 Å². The average Bonchev–Trinajstić information content (AvgIpc) is 2.35. The lowest BCUT2D eigenvalue weighted by atomic mass is 10.1. The van der Waals surface area contributed by atoms with Crippen LogP contribution in [0.1, 0.15) is 52.0 Å². The second kappa shape index (κ2) is 7.32. The smallest absolute Gasteiger partial charge is 0.0342 e. The number of aryl methyl sites for hydroxylation is 1. The molecule has 0 aliphatic rings. The predicted octanol–water partition coefficient (Wildman–Crippen LogP) is 4.63. The zero-order chi connectivity index (χ0) is 11.8. The topological polar surface area (TPSA) is 12.0 Å². The molecule has 0 heterocycles. The molecular formula is C15H25N. The molecule has 0 saturated heterocycles. The van der Waals surface area contributed by atoms with E-state index in [-0.39, 0.29) is 0 Å². The van der Waals surface area contributed by atoms with Crippen molar-refractivity contribution in [2.45, 2.75) is 58.9 Å². The van der Waals surface area contributed by atoms with Gasteiger partial charge in [0.15, 0.2) is 0 Å². The van der Waals surface area contributed by atoms with Gasteiger partial charge in [0.1, 0.15) is 0 Å². The number of hydrogen-bond donors (Lipinski definition) is 1. The first-order chi connectivity index (χ1) is 7.80. The van der Waals surface area contributed by atoms with E-state index in [1.54, 1.807) is 0 Å². The standard InChI is InChI=1S/C15H25N/c1-4-7-8-14(6-3)16-15-11-9-13(5-2)10-12-15/h9-12,14,16H,4-8H2,1-3H3. The van der Waals surface area contributed by atoms with Crippen LogP contribution in [-0.4, -0.2) is 6.04 Å². The lowest BCUT2D eigenvalue weighted by Gasteiger charge is -2.18. The summed E-state index contributed by atoms with van der Waals surface area (Å²) >= 11 is 0. The van der Waals surface area contributed by atoms with Crippen molar-refractivity contribution in [1.29, 1.82) is 0 Å². The van der Waals surface area contributed by atoms with E-state index in [1.165, 1.54) is 36.9 Å². The minimum absolute atomic E-state index is 0.632. The number of nitrogens with one attached hydrogen (secondary N) is 1. The van der Waals surface area contributed by atoms with Crippen LogP contribution in [0.2, 0.25) is 0 Å². The van der Waals surface area contributed by atoms with Crippen LogP contribution in [0.15, 0.2) is 24.3 Å². The van der Waals surface area contributed by atoms with Crippen molar-refractivity contribution >= 4 is 5.69 Å². The number of unbranched alkanes of at least 4 members (excludes halogenated alkanes) is 1. The summed E-state index contributed by atoms with van der Waals surface area (Å²) in [5.41, 5.74) is 2.67. The molecule has 1 nitrogen and oxygen atoms in total. The van der Waals surface area contributed by atoms with Crippen LogP contribution in [-0.2, 0) is 6.42 Å². The Morgan fingerprint density at radius 2 is 1.75 bits per heavy atom. The summed E-state index contributed by atoms with van der Waals surface area (Å²) in [5.74, 6) is 0. The molecule has 0 fully saturated rings. The summed E-state index contributed by atoms with van der Waals surface area (Å²) in [6.45, 7) is 6.70. The first-order valence-electron chi connectivity index (χ1n) is 6.65. The Labute approximate surface area is 100 Å². The van der Waals surface area contributed by atoms with Gasteiger partial charge in [-0.1, -0.05) is 45.7 Å². The summed E-state index contributed by atoms with van der Waals surface area (Å²) in [6, 6.07) is 9.47. The van der Waals surface area contributed by atoms with Crippen molar-refractivity contribution in [1.82, 2.24) is 0 Å². The number of benzene rings is 1. The average molecular weight is 219 g/mol. The third-order valence-corrected chi connectivity index (χ3v) is 3.13. The van der Waals surface area contributed by atoms with Crippen molar-refractivity contribution in [2.24, 2.45) is 0 Å². The van der Waals surface area contributed by atoms with Gasteiger partial charge < -0.3 is 5.32 Å². The maximum absolute atomic E-state index is 3.61. The Hall–Kier alpha value is -0.980. The monoisotopic (exact) mass is 219 g/mol. The Morgan fingerprint density at radius 3 is 2.25 bits per heavy atom. The van der Waals surface area contributed by atoms with E-state index < -0.39 is 0 Å². The zero-order valence-electron chi connectivity index (χ0n) is 10.9. The third-order valence-electron chi connectivity index (χ3n) is 3.13. The number of hydrogen-bond acceptors (Lipinski definition) is 1. The van der Waals surface area contributed by atoms with Crippen molar-refractivity contribution in [2.75, 3.05) is 5.32 Å². The highest BCUT2D eigenvalue weighted by molar-refractivity contribution is 5.45. The summed E-state index contributed by atoms with van der Waals surface area (Å²) < 4.78 is 0. The lowest BCUT2D eigenvalue weighted by Crippen LogP contribution is -2.18. The van der Waals surface area contributed by atoms with Crippen molar-refractivity contribution in [3.05, 3.63) is 29.8 Å². The molecule has 1 heteroatoms. The fourth-order valence-corrected chi connectivity index (χ4v) is 1.90. The van der Waals surface area contributed by atoms with Crippen LogP contribution in [0.25, 0.3) is 0 Å². The molecule has 16 heavy (non-hydrogen) atoms. The van der Waals surface area contributed by atoms with Gasteiger partial charge in [-0.3, -0.25) is 0 Å². The van der Waals surface area contributed by atoms with E-state index in [0.29, 0.717) is 6.04 Å². The molecule has 1 N–H and O–H groups in total. The molecular weight excluding hydrogens is 194 g/mol. The van der Waals surface area contributed by atoms with Crippen molar-refractivity contribution in [3.63, 3.8) is 0 Å². The van der Waals surface area contributed by atoms with Gasteiger partial charge in [0.2, 0.25) is 0 Å². The molecule has 0 aliphatic heterocycles. The fourth-order valence-electron chi connectivity index (χ4n) is 1.90. The molecule has 0 radical (unpaired) electrons. The minimum Gasteiger partial charge on any atom is -0.382 e. The molecule has 0 aliphatic carbocycles. The highest BCUT2D eigenvalue weighted by Crippen LogP contribution is 2.15. The largest absolute Gasteiger partial charge is 0.382 e. The minimum atomic E-state index is 0.632. The predicted molar refractivity (Wildman–Crippen MR) is 73.0 cm³/mol. The van der Waals surface area contributed by atoms with Crippen molar-refractivity contribution in [3.8, 4) is 0 Å². The van der Waals surface area contributed by atoms with Gasteiger partial charge in [-0.25, -0.2) is 0 Å². The molecule has 0 aromatic heterocycles. The van der Waals surface area contributed by atoms with Crippen LogP contribution in [0, 0.1) is 0 Å². The van der Waals surface area contributed by atoms with Gasteiger partial charge in [0, 0.05) is 11.7 Å². The first kappa shape index (κ1) is 13.1. The maximum atomic E-state index is 3.61. The second-order valence-corrected chi connectivity index (χ2v) is 4.44. The van der Waals surface area contributed by atoms with E-state index in [9.17, 15) is 0 Å². The van der Waals surface area contributed by atoms with Gasteiger partial charge in [-0.15, -0.1) is 0 Å². The maximum Gasteiger partial charge on any atom is 0.0342 e. The van der Waals surface area contributed by atoms with E-state index in [1.807, 2.05) is 0 Å². The Kier molecular flexibility index (Phi) is 5.99. The number of rotatable bonds is 7. The van der Waals surface area contributed by atoms with Crippen LogP contribution in [0.5, 0.6) is 0 Å². The first-order valence-corrected chi connectivity index (χ1v) is 6.65. The highest BCUT2D eigenvalue weighted by Gasteiger charge is 2.04. The lowest BCUT2D eigenvalue weighted by molar-refractivity contribution is 0.593. The van der Waals surface area contributed by atoms with E-state index in [4.69, 9.17) is 0 Å². The summed E-state index contributed by atoms with van der Waals surface area (Å²) in [7, 11) is 0. The molecule has 0 spiro atoms. The van der Waals surface area contributed by atoms with Gasteiger partial charge >= 0.3 is 0 Å². The Balaban J connectivity index is 2.49. The van der Waals surface area contributed by atoms with Crippen LogP contribution >= 0.6 is 0 Å². The second-order valence-electron chi connectivity index (χ2n) is 4.44. The molecule has 0 saturated carbocycles. The van der Waals surface area contributed by atoms with Crippen LogP contribution < -0.4 is 5.32 Å². The quantitative estimate of drug-likeness (QED) is 0.705. The van der Waals surface area contributed by atoms with E-state index >= 15 is 0 Å². The summed E-state index contributed by atoms with van der Waals surface area (Å²) in [5, 5.41) is 3.61. The molecule has 1 aromatic carbocycles. The fraction of sp³-hybridized carbons (Fsp3) is 0.600. The van der Waals surface area contributed by atoms with Crippen molar-refractivity contribution < 1.29 is 0 Å². The zero-order valence-corrected chi connectivity index (χ0v) is 10.9. The van der Waals surface area contributed by atoms with Gasteiger partial charge in [0.05, 0.1) is 0 Å². The Morgan fingerprint density at radius 1 is 1.06 bits per heavy atom. The van der Waals surface area contributed by atoms with Crippen LogP contribution in [0.4, 0.5) is 5.69 Å². The normalized spacial score (nSPS) is 12.4. The number of anilines is 1. The third kappa shape index (κ3) is 4.26. The van der Waals surface area contributed by atoms with Gasteiger partial charge in [-0.2, -0.15) is 0 Å². The van der Waals surface area contributed by atoms with Crippen LogP contribution in [0.3, 0.4) is 0 Å². The molecule has 1 unspecified atom stereocenters. The molecule has 1 aromatic rings. The molecule has 0 bridgehead atoms.